The van der Waals surface area contributed by atoms with Crippen LogP contribution in [0.25, 0.3) is 0 Å². The monoisotopic (exact) mass is 339 g/mol. The normalized spacial score (nSPS) is 11.0. The molecule has 5 heteroatoms. The number of aryl methyl sites for hydroxylation is 1. The van der Waals surface area contributed by atoms with Crippen molar-refractivity contribution in [2.75, 3.05) is 11.1 Å². The molecule has 0 spiro atoms. The topological polar surface area (TPSA) is 84.2 Å². The van der Waals surface area contributed by atoms with Crippen LogP contribution in [0.5, 0.6) is 0 Å². The SMILES string of the molecule is CC(C)(C)NC(=O)c1cccc(NC(=O)CCc2ccccc2N)c1. The first-order chi connectivity index (χ1) is 11.7. The van der Waals surface area contributed by atoms with Crippen LogP contribution in [0.15, 0.2) is 48.5 Å². The molecule has 0 unspecified atom stereocenters. The standard InChI is InChI=1S/C20H25N3O2/c1-20(2,3)23-19(25)15-8-6-9-16(13-15)22-18(24)12-11-14-7-4-5-10-17(14)21/h4-10,13H,11-12,21H2,1-3H3,(H,22,24)(H,23,25). The Kier molecular flexibility index (Phi) is 5.80. The molecule has 2 aromatic rings. The Balaban J connectivity index is 1.96. The minimum absolute atomic E-state index is 0.114. The third-order valence-corrected chi connectivity index (χ3v) is 3.57. The highest BCUT2D eigenvalue weighted by molar-refractivity contribution is 5.97. The molecule has 0 radical (unpaired) electrons. The van der Waals surface area contributed by atoms with E-state index in [1.54, 1.807) is 24.3 Å². The molecule has 0 bridgehead atoms. The van der Waals surface area contributed by atoms with E-state index in [-0.39, 0.29) is 17.4 Å². The van der Waals surface area contributed by atoms with E-state index in [0.29, 0.717) is 29.8 Å². The number of anilines is 2. The molecule has 2 rings (SSSR count). The first-order valence-corrected chi connectivity index (χ1v) is 8.30. The van der Waals surface area contributed by atoms with E-state index < -0.39 is 0 Å². The molecule has 5 nitrogen and oxygen atoms in total. The Morgan fingerprint density at radius 2 is 1.76 bits per heavy atom. The molecule has 0 saturated heterocycles. The smallest absolute Gasteiger partial charge is 0.251 e. The van der Waals surface area contributed by atoms with E-state index >= 15 is 0 Å². The number of nitrogens with two attached hydrogens (primary N) is 1. The highest BCUT2D eigenvalue weighted by Gasteiger charge is 2.15. The van der Waals surface area contributed by atoms with Gasteiger partial charge in [0.25, 0.3) is 5.91 Å². The first-order valence-electron chi connectivity index (χ1n) is 8.30. The van der Waals surface area contributed by atoms with Crippen LogP contribution >= 0.6 is 0 Å². The van der Waals surface area contributed by atoms with Gasteiger partial charge in [-0.2, -0.15) is 0 Å². The van der Waals surface area contributed by atoms with Gasteiger partial charge in [-0.15, -0.1) is 0 Å². The van der Waals surface area contributed by atoms with Gasteiger partial charge in [-0.25, -0.2) is 0 Å². The molecule has 0 aliphatic heterocycles. The third kappa shape index (κ3) is 5.95. The fourth-order valence-corrected chi connectivity index (χ4v) is 2.38. The van der Waals surface area contributed by atoms with Gasteiger partial charge < -0.3 is 16.4 Å². The highest BCUT2D eigenvalue weighted by atomic mass is 16.2. The minimum atomic E-state index is -0.314. The van der Waals surface area contributed by atoms with Crippen molar-refractivity contribution in [2.24, 2.45) is 0 Å². The summed E-state index contributed by atoms with van der Waals surface area (Å²) in [6.07, 6.45) is 0.898. The Morgan fingerprint density at radius 1 is 1.04 bits per heavy atom. The molecule has 132 valence electrons. The zero-order valence-corrected chi connectivity index (χ0v) is 14.9. The average molecular weight is 339 g/mol. The van der Waals surface area contributed by atoms with Crippen LogP contribution < -0.4 is 16.4 Å². The van der Waals surface area contributed by atoms with E-state index in [1.165, 1.54) is 0 Å². The van der Waals surface area contributed by atoms with Crippen LogP contribution in [0.4, 0.5) is 11.4 Å². The first kappa shape index (κ1) is 18.5. The second kappa shape index (κ2) is 7.83. The highest BCUT2D eigenvalue weighted by Crippen LogP contribution is 2.15. The molecule has 0 fully saturated rings. The number of hydrogen-bond acceptors (Lipinski definition) is 3. The molecular weight excluding hydrogens is 314 g/mol. The Morgan fingerprint density at radius 3 is 2.44 bits per heavy atom. The Bertz CT molecular complexity index is 764. The third-order valence-electron chi connectivity index (χ3n) is 3.57. The summed E-state index contributed by atoms with van der Waals surface area (Å²) in [5.41, 5.74) is 8.34. The van der Waals surface area contributed by atoms with Crippen molar-refractivity contribution in [2.45, 2.75) is 39.2 Å². The van der Waals surface area contributed by atoms with Gasteiger partial charge >= 0.3 is 0 Å². The second-order valence-corrected chi connectivity index (χ2v) is 7.03. The summed E-state index contributed by atoms with van der Waals surface area (Å²) in [6.45, 7) is 5.77. The van der Waals surface area contributed by atoms with Gasteiger partial charge in [0.1, 0.15) is 0 Å². The summed E-state index contributed by atoms with van der Waals surface area (Å²) in [7, 11) is 0. The van der Waals surface area contributed by atoms with Crippen molar-refractivity contribution >= 4 is 23.2 Å². The van der Waals surface area contributed by atoms with Crippen LogP contribution in [-0.4, -0.2) is 17.4 Å². The molecule has 0 heterocycles. The summed E-state index contributed by atoms with van der Waals surface area (Å²) in [5.74, 6) is -0.280. The molecule has 2 amide bonds. The Hall–Kier alpha value is -2.82. The van der Waals surface area contributed by atoms with E-state index in [4.69, 9.17) is 5.73 Å². The lowest BCUT2D eigenvalue weighted by Gasteiger charge is -2.20. The van der Waals surface area contributed by atoms with Gasteiger partial charge in [0.05, 0.1) is 0 Å². The quantitative estimate of drug-likeness (QED) is 0.730. The number of hydrogen-bond donors (Lipinski definition) is 3. The number of amides is 2. The number of carbonyl (C=O) groups excluding carboxylic acids is 2. The fourth-order valence-electron chi connectivity index (χ4n) is 2.38. The van der Waals surface area contributed by atoms with Gasteiger partial charge in [-0.05, 0) is 57.0 Å². The fraction of sp³-hybridized carbons (Fsp3) is 0.300. The molecule has 0 saturated carbocycles. The van der Waals surface area contributed by atoms with Crippen molar-refractivity contribution in [3.05, 3.63) is 59.7 Å². The summed E-state index contributed by atoms with van der Waals surface area (Å²) < 4.78 is 0. The summed E-state index contributed by atoms with van der Waals surface area (Å²) in [4.78, 5) is 24.4. The number of nitrogen functional groups attached to an aromatic ring is 1. The van der Waals surface area contributed by atoms with Crippen LogP contribution in [-0.2, 0) is 11.2 Å². The van der Waals surface area contributed by atoms with E-state index in [1.807, 2.05) is 45.0 Å². The number of nitrogens with one attached hydrogen (secondary N) is 2. The molecule has 0 aromatic heterocycles. The van der Waals surface area contributed by atoms with Crippen molar-refractivity contribution in [3.63, 3.8) is 0 Å². The predicted octanol–water partition coefficient (Wildman–Crippen LogP) is 3.37. The molecule has 4 N–H and O–H groups in total. The largest absolute Gasteiger partial charge is 0.399 e. The maximum atomic E-state index is 12.2. The summed E-state index contributed by atoms with van der Waals surface area (Å²) in [6, 6.07) is 14.4. The number of carbonyl (C=O) groups is 2. The van der Waals surface area contributed by atoms with Crippen LogP contribution in [0, 0.1) is 0 Å². The molecule has 0 aliphatic carbocycles. The second-order valence-electron chi connectivity index (χ2n) is 7.03. The van der Waals surface area contributed by atoms with Crippen molar-refractivity contribution in [1.29, 1.82) is 0 Å². The van der Waals surface area contributed by atoms with Crippen LogP contribution in [0.3, 0.4) is 0 Å². The van der Waals surface area contributed by atoms with Gasteiger partial charge in [0.2, 0.25) is 5.91 Å². The lowest BCUT2D eigenvalue weighted by atomic mass is 10.1. The zero-order valence-electron chi connectivity index (χ0n) is 14.9. The number of benzene rings is 2. The van der Waals surface area contributed by atoms with Gasteiger partial charge in [-0.3, -0.25) is 9.59 Å². The number of para-hydroxylation sites is 1. The van der Waals surface area contributed by atoms with E-state index in [9.17, 15) is 9.59 Å². The van der Waals surface area contributed by atoms with Crippen molar-refractivity contribution in [1.82, 2.24) is 5.32 Å². The lowest BCUT2D eigenvalue weighted by Crippen LogP contribution is -2.40. The van der Waals surface area contributed by atoms with Crippen molar-refractivity contribution < 1.29 is 9.59 Å². The van der Waals surface area contributed by atoms with Gasteiger partial charge in [0, 0.05) is 28.9 Å². The molecule has 0 aliphatic rings. The molecule has 2 aromatic carbocycles. The van der Waals surface area contributed by atoms with E-state index in [2.05, 4.69) is 10.6 Å². The number of rotatable bonds is 5. The molecule has 25 heavy (non-hydrogen) atoms. The zero-order chi connectivity index (χ0) is 18.4. The molecule has 0 atom stereocenters. The van der Waals surface area contributed by atoms with Crippen LogP contribution in [0.2, 0.25) is 0 Å². The maximum absolute atomic E-state index is 12.2. The minimum Gasteiger partial charge on any atom is -0.399 e. The van der Waals surface area contributed by atoms with Crippen LogP contribution in [0.1, 0.15) is 43.1 Å². The average Bonchev–Trinajstić information content (AvgIpc) is 2.53. The summed E-state index contributed by atoms with van der Waals surface area (Å²) in [5, 5.41) is 5.73. The van der Waals surface area contributed by atoms with Crippen molar-refractivity contribution in [3.8, 4) is 0 Å². The van der Waals surface area contributed by atoms with Gasteiger partial charge in [0.15, 0.2) is 0 Å². The predicted molar refractivity (Wildman–Crippen MR) is 101 cm³/mol. The molecular formula is C20H25N3O2. The summed E-state index contributed by atoms with van der Waals surface area (Å²) >= 11 is 0. The lowest BCUT2D eigenvalue weighted by molar-refractivity contribution is -0.116. The van der Waals surface area contributed by atoms with Gasteiger partial charge in [-0.1, -0.05) is 24.3 Å². The van der Waals surface area contributed by atoms with E-state index in [0.717, 1.165) is 5.56 Å². The maximum Gasteiger partial charge on any atom is 0.251 e. The Labute approximate surface area is 148 Å².